The molecule has 1 aromatic carbocycles. The number of methoxy groups -OCH3 is 1. The first-order chi connectivity index (χ1) is 9.59. The third-order valence-electron chi connectivity index (χ3n) is 3.24. The first kappa shape index (κ1) is 15.2. The topological polar surface area (TPSA) is 76.1 Å². The zero-order chi connectivity index (χ0) is 14.6. The summed E-state index contributed by atoms with van der Waals surface area (Å²) in [6, 6.07) is 4.52. The van der Waals surface area contributed by atoms with Crippen LogP contribution in [-0.4, -0.2) is 51.2 Å². The van der Waals surface area contributed by atoms with Crippen molar-refractivity contribution in [3.63, 3.8) is 0 Å². The second-order valence-corrected chi connectivity index (χ2v) is 6.44. The molecule has 1 aromatic rings. The molecule has 1 saturated heterocycles. The molecule has 7 heteroatoms. The lowest BCUT2D eigenvalue weighted by atomic mass is 10.2. The van der Waals surface area contributed by atoms with Gasteiger partial charge in [0.25, 0.3) is 0 Å². The zero-order valence-corrected chi connectivity index (χ0v) is 12.2. The number of aliphatic hydroxyl groups is 1. The highest BCUT2D eigenvalue weighted by atomic mass is 32.2. The van der Waals surface area contributed by atoms with Crippen molar-refractivity contribution in [2.24, 2.45) is 0 Å². The summed E-state index contributed by atoms with van der Waals surface area (Å²) in [6.45, 7) is 1.51. The van der Waals surface area contributed by atoms with E-state index in [9.17, 15) is 13.5 Å². The Kier molecular flexibility index (Phi) is 4.98. The van der Waals surface area contributed by atoms with Crippen LogP contribution in [0.25, 0.3) is 0 Å². The van der Waals surface area contributed by atoms with Gasteiger partial charge in [-0.2, -0.15) is 4.31 Å². The van der Waals surface area contributed by atoms with Crippen LogP contribution in [0.2, 0.25) is 0 Å². The molecule has 1 aliphatic rings. The third kappa shape index (κ3) is 3.12. The fourth-order valence-electron chi connectivity index (χ4n) is 2.15. The molecule has 1 aliphatic heterocycles. The highest BCUT2D eigenvalue weighted by Crippen LogP contribution is 2.25. The van der Waals surface area contributed by atoms with Gasteiger partial charge in [-0.1, -0.05) is 0 Å². The van der Waals surface area contributed by atoms with Crippen LogP contribution in [0.3, 0.4) is 0 Å². The molecule has 0 atom stereocenters. The van der Waals surface area contributed by atoms with Crippen LogP contribution in [0.4, 0.5) is 0 Å². The number of aliphatic hydroxyl groups excluding tert-OH is 1. The van der Waals surface area contributed by atoms with E-state index in [0.29, 0.717) is 44.0 Å². The smallest absolute Gasteiger partial charge is 0.243 e. The molecule has 0 spiro atoms. The molecule has 1 heterocycles. The quantitative estimate of drug-likeness (QED) is 0.881. The zero-order valence-electron chi connectivity index (χ0n) is 11.4. The molecule has 2 rings (SSSR count). The second-order valence-electron chi connectivity index (χ2n) is 4.50. The first-order valence-corrected chi connectivity index (χ1v) is 7.89. The van der Waals surface area contributed by atoms with Crippen LogP contribution in [0.1, 0.15) is 12.0 Å². The highest BCUT2D eigenvalue weighted by Gasteiger charge is 2.26. The van der Waals surface area contributed by atoms with Gasteiger partial charge in [-0.25, -0.2) is 8.42 Å². The van der Waals surface area contributed by atoms with E-state index in [0.717, 1.165) is 0 Å². The van der Waals surface area contributed by atoms with Gasteiger partial charge in [0.2, 0.25) is 10.0 Å². The van der Waals surface area contributed by atoms with Crippen molar-refractivity contribution in [2.75, 3.05) is 33.4 Å². The van der Waals surface area contributed by atoms with Crippen LogP contribution in [0.5, 0.6) is 5.75 Å². The molecule has 20 heavy (non-hydrogen) atoms. The predicted octanol–water partition coefficient (Wildman–Crippen LogP) is 0.599. The van der Waals surface area contributed by atoms with E-state index in [1.807, 2.05) is 0 Å². The van der Waals surface area contributed by atoms with Gasteiger partial charge in [-0.05, 0) is 24.6 Å². The Hall–Kier alpha value is -1.15. The summed E-state index contributed by atoms with van der Waals surface area (Å²) < 4.78 is 36.9. The Bertz CT molecular complexity index is 550. The molecular weight excluding hydrogens is 282 g/mol. The molecule has 0 unspecified atom stereocenters. The number of nitrogens with zero attached hydrogens (tertiary/aromatic N) is 1. The van der Waals surface area contributed by atoms with Gasteiger partial charge in [-0.15, -0.1) is 0 Å². The number of ether oxygens (including phenoxy) is 2. The maximum absolute atomic E-state index is 12.6. The minimum absolute atomic E-state index is 0.171. The molecule has 0 aliphatic carbocycles. The summed E-state index contributed by atoms with van der Waals surface area (Å²) in [6.07, 6.45) is 0.683. The molecule has 0 radical (unpaired) electrons. The summed E-state index contributed by atoms with van der Waals surface area (Å²) >= 11 is 0. The van der Waals surface area contributed by atoms with Gasteiger partial charge in [0.1, 0.15) is 5.75 Å². The fourth-order valence-corrected chi connectivity index (χ4v) is 3.67. The number of hydrogen-bond donors (Lipinski definition) is 1. The molecule has 1 fully saturated rings. The van der Waals surface area contributed by atoms with E-state index in [-0.39, 0.29) is 11.5 Å². The van der Waals surface area contributed by atoms with Crippen molar-refractivity contribution in [3.05, 3.63) is 23.8 Å². The van der Waals surface area contributed by atoms with Gasteiger partial charge < -0.3 is 14.6 Å². The van der Waals surface area contributed by atoms with Crippen molar-refractivity contribution in [1.82, 2.24) is 4.31 Å². The molecular formula is C13H19NO5S. The Morgan fingerprint density at radius 1 is 1.35 bits per heavy atom. The van der Waals surface area contributed by atoms with E-state index in [2.05, 4.69) is 0 Å². The monoisotopic (exact) mass is 301 g/mol. The minimum atomic E-state index is -3.56. The fraction of sp³-hybridized carbons (Fsp3) is 0.538. The predicted molar refractivity (Wildman–Crippen MR) is 73.1 cm³/mol. The Morgan fingerprint density at radius 3 is 2.85 bits per heavy atom. The van der Waals surface area contributed by atoms with E-state index in [1.54, 1.807) is 6.07 Å². The Balaban J connectivity index is 2.33. The van der Waals surface area contributed by atoms with Gasteiger partial charge in [-0.3, -0.25) is 0 Å². The van der Waals surface area contributed by atoms with Crippen LogP contribution < -0.4 is 4.74 Å². The molecule has 0 aromatic heterocycles. The van der Waals surface area contributed by atoms with Gasteiger partial charge in [0, 0.05) is 25.3 Å². The van der Waals surface area contributed by atoms with Crippen molar-refractivity contribution < 1.29 is 23.0 Å². The van der Waals surface area contributed by atoms with Crippen LogP contribution in [-0.2, 0) is 21.4 Å². The maximum atomic E-state index is 12.6. The molecule has 1 N–H and O–H groups in total. The maximum Gasteiger partial charge on any atom is 0.243 e. The average molecular weight is 301 g/mol. The van der Waals surface area contributed by atoms with Crippen LogP contribution in [0, 0.1) is 0 Å². The number of sulfonamides is 1. The lowest BCUT2D eigenvalue weighted by Crippen LogP contribution is -2.33. The molecule has 112 valence electrons. The SMILES string of the molecule is COc1ccc(S(=O)(=O)N2CCCOCC2)cc1CO. The van der Waals surface area contributed by atoms with E-state index < -0.39 is 10.0 Å². The van der Waals surface area contributed by atoms with Crippen molar-refractivity contribution >= 4 is 10.0 Å². The largest absolute Gasteiger partial charge is 0.496 e. The third-order valence-corrected chi connectivity index (χ3v) is 5.14. The summed E-state index contributed by atoms with van der Waals surface area (Å²) in [7, 11) is -2.08. The lowest BCUT2D eigenvalue weighted by molar-refractivity contribution is 0.148. The highest BCUT2D eigenvalue weighted by molar-refractivity contribution is 7.89. The Morgan fingerprint density at radius 2 is 2.15 bits per heavy atom. The van der Waals surface area contributed by atoms with E-state index >= 15 is 0 Å². The summed E-state index contributed by atoms with van der Waals surface area (Å²) in [5.41, 5.74) is 0.458. The number of rotatable bonds is 4. The lowest BCUT2D eigenvalue weighted by Gasteiger charge is -2.20. The first-order valence-electron chi connectivity index (χ1n) is 6.45. The van der Waals surface area contributed by atoms with E-state index in [1.165, 1.54) is 23.5 Å². The standard InChI is InChI=1S/C13H19NO5S/c1-18-13-4-3-12(9-11(13)10-15)20(16,17)14-5-2-7-19-8-6-14/h3-4,9,15H,2,5-8,10H2,1H3. The average Bonchev–Trinajstić information content (AvgIpc) is 2.76. The van der Waals surface area contributed by atoms with E-state index in [4.69, 9.17) is 9.47 Å². The normalized spacial score (nSPS) is 17.7. The molecule has 0 bridgehead atoms. The Labute approximate surface area is 119 Å². The van der Waals surface area contributed by atoms with Gasteiger partial charge >= 0.3 is 0 Å². The van der Waals surface area contributed by atoms with Crippen molar-refractivity contribution in [2.45, 2.75) is 17.9 Å². The van der Waals surface area contributed by atoms with Crippen molar-refractivity contribution in [1.29, 1.82) is 0 Å². The van der Waals surface area contributed by atoms with Crippen molar-refractivity contribution in [3.8, 4) is 5.75 Å². The second kappa shape index (κ2) is 6.53. The van der Waals surface area contributed by atoms with Crippen LogP contribution in [0.15, 0.2) is 23.1 Å². The summed E-state index contributed by atoms with van der Waals surface area (Å²) in [5, 5.41) is 9.29. The summed E-state index contributed by atoms with van der Waals surface area (Å²) in [5.74, 6) is 0.477. The van der Waals surface area contributed by atoms with Crippen LogP contribution >= 0.6 is 0 Å². The van der Waals surface area contributed by atoms with Gasteiger partial charge in [0.15, 0.2) is 0 Å². The van der Waals surface area contributed by atoms with Gasteiger partial charge in [0.05, 0.1) is 25.2 Å². The molecule has 0 amide bonds. The summed E-state index contributed by atoms with van der Waals surface area (Å²) in [4.78, 5) is 0.171. The number of hydrogen-bond acceptors (Lipinski definition) is 5. The minimum Gasteiger partial charge on any atom is -0.496 e. The number of benzene rings is 1. The molecule has 0 saturated carbocycles. The molecule has 6 nitrogen and oxygen atoms in total.